The predicted octanol–water partition coefficient (Wildman–Crippen LogP) is 5.68. The van der Waals surface area contributed by atoms with Crippen LogP contribution >= 0.6 is 34.8 Å². The summed E-state index contributed by atoms with van der Waals surface area (Å²) in [5.74, 6) is 0.480. The Morgan fingerprint density at radius 1 is 1.00 bits per heavy atom. The fourth-order valence-corrected chi connectivity index (χ4v) is 3.03. The monoisotopic (exact) mass is 401 g/mol. The van der Waals surface area contributed by atoms with E-state index in [1.54, 1.807) is 32.0 Å². The van der Waals surface area contributed by atoms with Gasteiger partial charge in [-0.25, -0.2) is 0 Å². The third kappa shape index (κ3) is 4.51. The van der Waals surface area contributed by atoms with Gasteiger partial charge in [0.2, 0.25) is 0 Å². The summed E-state index contributed by atoms with van der Waals surface area (Å²) >= 11 is 18.6. The maximum Gasteiger partial charge on any atom is 0.262 e. The molecule has 2 aromatic rings. The van der Waals surface area contributed by atoms with Gasteiger partial charge in [-0.15, -0.1) is 0 Å². The molecule has 0 aliphatic rings. The molecule has 0 saturated heterocycles. The Bertz CT molecular complexity index is 764. The van der Waals surface area contributed by atoms with E-state index in [1.807, 2.05) is 13.0 Å². The summed E-state index contributed by atoms with van der Waals surface area (Å²) in [6.45, 7) is 5.65. The van der Waals surface area contributed by atoms with Crippen LogP contribution in [0.3, 0.4) is 0 Å². The molecule has 0 spiro atoms. The smallest absolute Gasteiger partial charge is 0.262 e. The minimum absolute atomic E-state index is 0.246. The van der Waals surface area contributed by atoms with Crippen molar-refractivity contribution in [3.8, 4) is 11.5 Å². The van der Waals surface area contributed by atoms with Crippen molar-refractivity contribution < 1.29 is 14.3 Å². The molecule has 2 rings (SSSR count). The van der Waals surface area contributed by atoms with Gasteiger partial charge in [0.15, 0.2) is 12.4 Å². The number of ether oxygens (including phenoxy) is 2. The lowest BCUT2D eigenvalue weighted by Crippen LogP contribution is -2.21. The Kier molecular flexibility index (Phi) is 6.82. The Hall–Kier alpha value is -1.62. The fourth-order valence-electron chi connectivity index (χ4n) is 2.21. The van der Waals surface area contributed by atoms with Crippen LogP contribution in [0.1, 0.15) is 18.1 Å². The summed E-state index contributed by atoms with van der Waals surface area (Å²) in [5, 5.41) is 3.82. The van der Waals surface area contributed by atoms with Crippen molar-refractivity contribution in [3.63, 3.8) is 0 Å². The summed E-state index contributed by atoms with van der Waals surface area (Å²) < 4.78 is 11.0. The number of carbonyl (C=O) groups is 1. The van der Waals surface area contributed by atoms with Crippen LogP contribution in [0.4, 0.5) is 5.69 Å². The molecule has 0 fully saturated rings. The van der Waals surface area contributed by atoms with Crippen LogP contribution in [0.15, 0.2) is 24.3 Å². The molecule has 0 atom stereocenters. The van der Waals surface area contributed by atoms with Crippen molar-refractivity contribution in [1.82, 2.24) is 0 Å². The van der Waals surface area contributed by atoms with Crippen LogP contribution in [0, 0.1) is 13.8 Å². The predicted molar refractivity (Wildman–Crippen MR) is 103 cm³/mol. The van der Waals surface area contributed by atoms with E-state index in [0.717, 1.165) is 0 Å². The molecule has 0 radical (unpaired) electrons. The molecule has 0 aliphatic heterocycles. The summed E-state index contributed by atoms with van der Waals surface area (Å²) in [4.78, 5) is 12.2. The molecule has 1 N–H and O–H groups in total. The molecule has 2 aromatic carbocycles. The number of carbonyl (C=O) groups excluding carboxylic acids is 1. The van der Waals surface area contributed by atoms with Crippen molar-refractivity contribution in [2.24, 2.45) is 0 Å². The van der Waals surface area contributed by atoms with E-state index in [4.69, 9.17) is 44.3 Å². The maximum absolute atomic E-state index is 12.2. The van der Waals surface area contributed by atoms with Gasteiger partial charge in [0.25, 0.3) is 5.91 Å². The number of benzene rings is 2. The highest BCUT2D eigenvalue weighted by molar-refractivity contribution is 6.42. The highest BCUT2D eigenvalue weighted by Crippen LogP contribution is 2.42. The molecule has 0 bridgehead atoms. The van der Waals surface area contributed by atoms with E-state index in [-0.39, 0.29) is 18.3 Å². The molecule has 1 amide bonds. The average molecular weight is 403 g/mol. The minimum Gasteiger partial charge on any atom is -0.492 e. The molecular formula is C18H18Cl3NO3. The molecule has 0 unspecified atom stereocenters. The van der Waals surface area contributed by atoms with Gasteiger partial charge >= 0.3 is 0 Å². The summed E-state index contributed by atoms with van der Waals surface area (Å²) in [7, 11) is 0. The molecule has 134 valence electrons. The molecular weight excluding hydrogens is 385 g/mol. The average Bonchev–Trinajstić information content (AvgIpc) is 2.60. The van der Waals surface area contributed by atoms with E-state index in [9.17, 15) is 4.79 Å². The Morgan fingerprint density at radius 2 is 1.60 bits per heavy atom. The molecule has 0 heterocycles. The number of anilines is 1. The van der Waals surface area contributed by atoms with Gasteiger partial charge in [-0.3, -0.25) is 4.79 Å². The third-order valence-electron chi connectivity index (χ3n) is 3.52. The largest absolute Gasteiger partial charge is 0.492 e. The van der Waals surface area contributed by atoms with Crippen molar-refractivity contribution in [2.75, 3.05) is 18.5 Å². The lowest BCUT2D eigenvalue weighted by molar-refractivity contribution is -0.118. The first kappa shape index (κ1) is 19.7. The van der Waals surface area contributed by atoms with E-state index in [2.05, 4.69) is 5.32 Å². The van der Waals surface area contributed by atoms with E-state index in [1.165, 1.54) is 0 Å². The van der Waals surface area contributed by atoms with Crippen molar-refractivity contribution in [1.29, 1.82) is 0 Å². The second-order valence-corrected chi connectivity index (χ2v) is 6.42. The normalized spacial score (nSPS) is 10.5. The Morgan fingerprint density at radius 3 is 2.20 bits per heavy atom. The zero-order valence-corrected chi connectivity index (χ0v) is 16.4. The Labute approximate surface area is 162 Å². The third-order valence-corrected chi connectivity index (χ3v) is 5.00. The number of hydrogen-bond acceptors (Lipinski definition) is 3. The number of para-hydroxylation sites is 2. The maximum atomic E-state index is 12.2. The van der Waals surface area contributed by atoms with Crippen molar-refractivity contribution >= 4 is 46.4 Å². The van der Waals surface area contributed by atoms with Gasteiger partial charge in [0, 0.05) is 5.02 Å². The molecule has 0 aromatic heterocycles. The van der Waals surface area contributed by atoms with Crippen LogP contribution in [-0.4, -0.2) is 19.1 Å². The molecule has 4 nitrogen and oxygen atoms in total. The van der Waals surface area contributed by atoms with Gasteiger partial charge in [0.05, 0.1) is 22.3 Å². The number of rotatable bonds is 6. The van der Waals surface area contributed by atoms with E-state index in [0.29, 0.717) is 44.2 Å². The lowest BCUT2D eigenvalue weighted by Gasteiger charge is -2.16. The van der Waals surface area contributed by atoms with Gasteiger partial charge in [-0.1, -0.05) is 46.9 Å². The molecule has 7 heteroatoms. The molecule has 0 saturated carbocycles. The molecule has 25 heavy (non-hydrogen) atoms. The van der Waals surface area contributed by atoms with E-state index >= 15 is 0 Å². The van der Waals surface area contributed by atoms with Crippen molar-refractivity contribution in [3.05, 3.63) is 50.5 Å². The standard InChI is InChI=1S/C18H18Cl3NO3/c1-4-24-13-8-6-5-7-12(13)22-14(23)9-25-18-16(20)10(2)15(19)11(3)17(18)21/h5-8H,4,9H2,1-3H3,(H,22,23). The zero-order valence-electron chi connectivity index (χ0n) is 14.1. The van der Waals surface area contributed by atoms with E-state index < -0.39 is 0 Å². The first-order valence-electron chi connectivity index (χ1n) is 7.64. The Balaban J connectivity index is 2.11. The zero-order chi connectivity index (χ0) is 18.6. The van der Waals surface area contributed by atoms with Gasteiger partial charge in [-0.2, -0.15) is 0 Å². The highest BCUT2D eigenvalue weighted by atomic mass is 35.5. The first-order valence-corrected chi connectivity index (χ1v) is 8.78. The van der Waals surface area contributed by atoms with Crippen molar-refractivity contribution in [2.45, 2.75) is 20.8 Å². The molecule has 0 aliphatic carbocycles. The summed E-state index contributed by atoms with van der Waals surface area (Å²) in [6.07, 6.45) is 0. The second kappa shape index (κ2) is 8.65. The van der Waals surface area contributed by atoms with Crippen LogP contribution < -0.4 is 14.8 Å². The number of amides is 1. The van der Waals surface area contributed by atoms with Gasteiger partial charge in [0.1, 0.15) is 5.75 Å². The van der Waals surface area contributed by atoms with Crippen LogP contribution in [-0.2, 0) is 4.79 Å². The second-order valence-electron chi connectivity index (χ2n) is 5.29. The minimum atomic E-state index is -0.357. The van der Waals surface area contributed by atoms with Gasteiger partial charge in [-0.05, 0) is 44.0 Å². The fraction of sp³-hybridized carbons (Fsp3) is 0.278. The lowest BCUT2D eigenvalue weighted by atomic mass is 10.1. The summed E-state index contributed by atoms with van der Waals surface area (Å²) in [6, 6.07) is 7.16. The number of nitrogens with one attached hydrogen (secondary N) is 1. The van der Waals surface area contributed by atoms with Gasteiger partial charge < -0.3 is 14.8 Å². The number of halogens is 3. The first-order chi connectivity index (χ1) is 11.9. The van der Waals surface area contributed by atoms with Crippen LogP contribution in [0.25, 0.3) is 0 Å². The quantitative estimate of drug-likeness (QED) is 0.676. The summed E-state index contributed by atoms with van der Waals surface area (Å²) in [5.41, 5.74) is 1.88. The highest BCUT2D eigenvalue weighted by Gasteiger charge is 2.19. The number of hydrogen-bond donors (Lipinski definition) is 1. The SMILES string of the molecule is CCOc1ccccc1NC(=O)COc1c(Cl)c(C)c(Cl)c(C)c1Cl. The topological polar surface area (TPSA) is 47.6 Å². The van der Waals surface area contributed by atoms with Crippen LogP contribution in [0.5, 0.6) is 11.5 Å². The van der Waals surface area contributed by atoms with Crippen LogP contribution in [0.2, 0.25) is 15.1 Å².